The van der Waals surface area contributed by atoms with Crippen LogP contribution in [0.3, 0.4) is 0 Å². The fourth-order valence-corrected chi connectivity index (χ4v) is 11.7. The summed E-state index contributed by atoms with van der Waals surface area (Å²) in [5.74, 6) is -0.120. The van der Waals surface area contributed by atoms with E-state index in [1.54, 1.807) is 18.5 Å². The third-order valence-corrected chi connectivity index (χ3v) is 14.9. The van der Waals surface area contributed by atoms with Crippen LogP contribution in [0, 0.1) is 0 Å². The Hall–Kier alpha value is -6.24. The number of aromatic nitrogens is 10. The second kappa shape index (κ2) is 16.2. The van der Waals surface area contributed by atoms with Crippen LogP contribution >= 0.6 is 0 Å². The van der Waals surface area contributed by atoms with Gasteiger partial charge in [-0.15, -0.1) is 0 Å². The monoisotopic (exact) mass is 921 g/mol. The number of anilines is 2. The zero-order valence-electron chi connectivity index (χ0n) is 36.7. The molecule has 2 atom stereocenters. The number of benzene rings is 2. The molecule has 0 amide bonds. The minimum absolute atomic E-state index is 0.0651. The minimum atomic E-state index is -4.78. The predicted molar refractivity (Wildman–Crippen MR) is 244 cm³/mol. The van der Waals surface area contributed by atoms with Gasteiger partial charge in [-0.05, 0) is 98.6 Å². The lowest BCUT2D eigenvalue weighted by Gasteiger charge is -2.33. The molecular weight excluding hydrogens is 873 g/mol. The smallest absolute Gasteiger partial charge is 0.370 e. The van der Waals surface area contributed by atoms with Crippen molar-refractivity contribution in [2.45, 2.75) is 101 Å². The quantitative estimate of drug-likeness (QED) is 0.115. The van der Waals surface area contributed by atoms with Gasteiger partial charge in [0.05, 0.1) is 80.6 Å². The van der Waals surface area contributed by atoms with Crippen molar-refractivity contribution in [3.8, 4) is 22.5 Å². The summed E-state index contributed by atoms with van der Waals surface area (Å²) in [6.45, 7) is 4.41. The molecule has 19 heteroatoms. The van der Waals surface area contributed by atoms with Crippen LogP contribution in [0.5, 0.6) is 0 Å². The Bertz CT molecular complexity index is 3140. The SMILES string of the molecule is FC(F)(F)c1nn(C2CCCC(c3cc(-c4cn[nH]c4C(F)(F)F)nc4c(N5CCNCC5)cc5[nH]ncc5c34)C2)cc1-c1cc(C2CCCC2)c2c(n1)c(N1CCCCC1)cc1[nH]ncc12. The largest absolute Gasteiger partial charge is 0.435 e. The highest BCUT2D eigenvalue weighted by Gasteiger charge is 2.41. The molecule has 8 heterocycles. The molecule has 13 nitrogen and oxygen atoms in total. The maximum absolute atomic E-state index is 15.5. The van der Waals surface area contributed by atoms with Gasteiger partial charge in [-0.25, -0.2) is 9.97 Å². The van der Waals surface area contributed by atoms with Gasteiger partial charge < -0.3 is 15.1 Å². The zero-order chi connectivity index (χ0) is 45.6. The Morgan fingerprint density at radius 2 is 1.15 bits per heavy atom. The van der Waals surface area contributed by atoms with Gasteiger partial charge in [-0.1, -0.05) is 19.3 Å². The lowest BCUT2D eigenvalue weighted by molar-refractivity contribution is -0.141. The van der Waals surface area contributed by atoms with E-state index >= 15 is 13.2 Å². The van der Waals surface area contributed by atoms with E-state index in [9.17, 15) is 13.2 Å². The van der Waals surface area contributed by atoms with Gasteiger partial charge in [0, 0.05) is 67.0 Å². The number of hydrogen-bond donors (Lipinski definition) is 4. The van der Waals surface area contributed by atoms with E-state index in [0.29, 0.717) is 49.8 Å². The van der Waals surface area contributed by atoms with E-state index in [2.05, 4.69) is 56.9 Å². The molecule has 67 heavy (non-hydrogen) atoms. The number of piperidine rings is 1. The van der Waals surface area contributed by atoms with Crippen LogP contribution in [-0.4, -0.2) is 89.6 Å². The minimum Gasteiger partial charge on any atom is -0.370 e. The fourth-order valence-electron chi connectivity index (χ4n) is 11.7. The van der Waals surface area contributed by atoms with Crippen LogP contribution < -0.4 is 15.1 Å². The Labute approximate surface area is 380 Å². The molecule has 4 fully saturated rings. The van der Waals surface area contributed by atoms with E-state index < -0.39 is 29.8 Å². The molecule has 0 bridgehead atoms. The average Bonchev–Trinajstić information content (AvgIpc) is 4.20. The van der Waals surface area contributed by atoms with E-state index in [4.69, 9.17) is 9.97 Å². The van der Waals surface area contributed by atoms with Crippen molar-refractivity contribution < 1.29 is 26.3 Å². The molecule has 0 radical (unpaired) electrons. The number of piperazine rings is 1. The molecule has 12 rings (SSSR count). The Morgan fingerprint density at radius 1 is 0.567 bits per heavy atom. The van der Waals surface area contributed by atoms with Gasteiger partial charge in [0.1, 0.15) is 5.69 Å². The number of aromatic amines is 3. The third kappa shape index (κ3) is 7.34. The zero-order valence-corrected chi connectivity index (χ0v) is 36.7. The van der Waals surface area contributed by atoms with E-state index in [0.717, 1.165) is 132 Å². The molecule has 4 aliphatic rings. The summed E-state index contributed by atoms with van der Waals surface area (Å²) in [6, 6.07) is 7.15. The van der Waals surface area contributed by atoms with Crippen LogP contribution in [0.1, 0.15) is 111 Å². The number of hydrogen-bond acceptors (Lipinski definition) is 9. The second-order valence-corrected chi connectivity index (χ2v) is 18.9. The van der Waals surface area contributed by atoms with Gasteiger partial charge in [-0.2, -0.15) is 46.7 Å². The molecular formula is C48H49F6N13. The molecule has 0 spiro atoms. The maximum atomic E-state index is 15.5. The van der Waals surface area contributed by atoms with Crippen LogP contribution in [0.2, 0.25) is 0 Å². The number of halogens is 6. The molecule has 2 aliphatic heterocycles. The lowest BCUT2D eigenvalue weighted by Crippen LogP contribution is -2.43. The topological polar surface area (TPSA) is 148 Å². The second-order valence-electron chi connectivity index (χ2n) is 18.9. The third-order valence-electron chi connectivity index (χ3n) is 14.9. The van der Waals surface area contributed by atoms with E-state index in [1.807, 2.05) is 12.1 Å². The maximum Gasteiger partial charge on any atom is 0.435 e. The normalized spacial score (nSPS) is 20.4. The van der Waals surface area contributed by atoms with Crippen LogP contribution in [0.15, 0.2) is 49.1 Å². The van der Waals surface area contributed by atoms with Crippen LogP contribution in [-0.2, 0) is 12.4 Å². The Balaban J connectivity index is 1.00. The molecule has 2 aliphatic carbocycles. The average molecular weight is 922 g/mol. The first-order valence-corrected chi connectivity index (χ1v) is 23.6. The molecule has 2 saturated heterocycles. The van der Waals surface area contributed by atoms with Crippen molar-refractivity contribution in [1.82, 2.24) is 55.7 Å². The first-order chi connectivity index (χ1) is 32.5. The van der Waals surface area contributed by atoms with Crippen molar-refractivity contribution in [3.05, 3.63) is 71.6 Å². The number of H-pyrrole nitrogens is 3. The summed E-state index contributed by atoms with van der Waals surface area (Å²) >= 11 is 0. The highest BCUT2D eigenvalue weighted by molar-refractivity contribution is 6.14. The molecule has 2 unspecified atom stereocenters. The van der Waals surface area contributed by atoms with Crippen molar-refractivity contribution in [1.29, 1.82) is 0 Å². The predicted octanol–water partition coefficient (Wildman–Crippen LogP) is 10.8. The Kier molecular flexibility index (Phi) is 10.2. The van der Waals surface area contributed by atoms with Gasteiger partial charge in [-0.3, -0.25) is 20.0 Å². The summed E-state index contributed by atoms with van der Waals surface area (Å²) in [7, 11) is 0. The summed E-state index contributed by atoms with van der Waals surface area (Å²) in [5.41, 5.74) is 4.42. The van der Waals surface area contributed by atoms with Crippen LogP contribution in [0.25, 0.3) is 66.1 Å². The number of alkyl halides is 6. The van der Waals surface area contributed by atoms with Crippen LogP contribution in [0.4, 0.5) is 37.7 Å². The number of nitrogens with zero attached hydrogens (tertiary/aromatic N) is 9. The first-order valence-electron chi connectivity index (χ1n) is 23.6. The highest BCUT2D eigenvalue weighted by atomic mass is 19.4. The number of fused-ring (bicyclic) bond motifs is 6. The molecule has 2 aromatic carbocycles. The van der Waals surface area contributed by atoms with Gasteiger partial charge in [0.25, 0.3) is 0 Å². The summed E-state index contributed by atoms with van der Waals surface area (Å²) < 4.78 is 91.2. The highest BCUT2D eigenvalue weighted by Crippen LogP contribution is 2.49. The molecule has 8 aromatic rings. The molecule has 6 aromatic heterocycles. The number of nitrogens with one attached hydrogen (secondary N) is 4. The standard InChI is InChI=1S/C48H49F6N13/c49-47(50,51)45-33(24-58-63-45)35-19-30(42-32-23-57-62-38(32)21-40(44(42)59-35)66-15-11-55-12-16-66)27-9-6-10-28(17-27)67-25-34(46(64-67)48(52,53)54)36-18-29(26-7-2-3-8-26)41-31-22-56-61-37(31)20-39(43(41)60-36)65-13-4-1-5-14-65/h18-28,55H,1-17H2,(H,56,61)(H,57,62)(H,58,63). The van der Waals surface area contributed by atoms with Gasteiger partial charge in [0.2, 0.25) is 0 Å². The Morgan fingerprint density at radius 3 is 1.78 bits per heavy atom. The fraction of sp³-hybridized carbons (Fsp3) is 0.458. The summed E-state index contributed by atoms with van der Waals surface area (Å²) in [6.07, 6.45) is 6.08. The summed E-state index contributed by atoms with van der Waals surface area (Å²) in [4.78, 5) is 14.7. The molecule has 348 valence electrons. The van der Waals surface area contributed by atoms with E-state index in [1.165, 1.54) is 10.9 Å². The van der Waals surface area contributed by atoms with Crippen molar-refractivity contribution in [3.63, 3.8) is 0 Å². The van der Waals surface area contributed by atoms with Gasteiger partial charge >= 0.3 is 12.4 Å². The van der Waals surface area contributed by atoms with Gasteiger partial charge in [0.15, 0.2) is 5.69 Å². The molecule has 4 N–H and O–H groups in total. The number of pyridine rings is 2. The van der Waals surface area contributed by atoms with Crippen molar-refractivity contribution in [2.24, 2.45) is 0 Å². The van der Waals surface area contributed by atoms with Crippen molar-refractivity contribution >= 4 is 55.0 Å². The lowest BCUT2D eigenvalue weighted by atomic mass is 9.79. The molecule has 2 saturated carbocycles. The van der Waals surface area contributed by atoms with E-state index in [-0.39, 0.29) is 34.4 Å². The van der Waals surface area contributed by atoms with Crippen molar-refractivity contribution in [2.75, 3.05) is 49.1 Å². The summed E-state index contributed by atoms with van der Waals surface area (Å²) in [5, 5.41) is 32.2. The number of rotatable bonds is 7. The first kappa shape index (κ1) is 42.1.